The number of hydrogen-bond acceptors (Lipinski definition) is 4. The highest BCUT2D eigenvalue weighted by molar-refractivity contribution is 14.1. The van der Waals surface area contributed by atoms with Crippen molar-refractivity contribution in [2.24, 2.45) is 5.10 Å². The van der Waals surface area contributed by atoms with Gasteiger partial charge in [0.15, 0.2) is 0 Å². The first kappa shape index (κ1) is 27.8. The molecule has 0 atom stereocenters. The van der Waals surface area contributed by atoms with E-state index in [0.29, 0.717) is 16.3 Å². The number of halogens is 2. The zero-order valence-corrected chi connectivity index (χ0v) is 24.5. The van der Waals surface area contributed by atoms with Crippen molar-refractivity contribution < 1.29 is 13.2 Å². The predicted octanol–water partition coefficient (Wildman–Crippen LogP) is 6.80. The molecule has 0 aliphatic carbocycles. The van der Waals surface area contributed by atoms with Gasteiger partial charge in [-0.25, -0.2) is 13.8 Å². The molecule has 6 nitrogen and oxygen atoms in total. The number of sulfonamides is 1. The Bertz CT molecular complexity index is 1570. The molecular weight excluding hydrogens is 633 g/mol. The van der Waals surface area contributed by atoms with E-state index in [1.54, 1.807) is 79.7 Å². The molecule has 0 radical (unpaired) electrons. The molecule has 0 heterocycles. The molecule has 0 aliphatic heterocycles. The number of para-hydroxylation sites is 1. The van der Waals surface area contributed by atoms with Crippen LogP contribution in [-0.2, 0) is 16.6 Å². The molecule has 4 aromatic carbocycles. The molecule has 4 aromatic rings. The Balaban J connectivity index is 1.73. The van der Waals surface area contributed by atoms with Crippen molar-refractivity contribution in [3.63, 3.8) is 0 Å². The van der Waals surface area contributed by atoms with E-state index in [1.165, 1.54) is 4.31 Å². The number of anilines is 1. The number of hydrazone groups is 1. The standard InChI is InChI=1S/C29H25ClIN3O3S/c1-20-7-17-26(18-8-20)38(36,37)34(19-22-9-13-24(30)14-10-22)28-6-4-3-5-27(28)29(35)33-32-21(2)23-11-15-25(31)16-12-23/h3-18H,19H2,1-2H3,(H,33,35)/b32-21-. The average molecular weight is 658 g/mol. The van der Waals surface area contributed by atoms with Crippen LogP contribution >= 0.6 is 34.2 Å². The first-order valence-electron chi connectivity index (χ1n) is 11.7. The number of carbonyl (C=O) groups excluding carboxylic acids is 1. The molecular formula is C29H25ClIN3O3S. The van der Waals surface area contributed by atoms with Crippen molar-refractivity contribution in [3.05, 3.63) is 128 Å². The summed E-state index contributed by atoms with van der Waals surface area (Å²) in [5.41, 5.74) is 6.14. The number of rotatable bonds is 8. The number of nitrogens with one attached hydrogen (secondary N) is 1. The summed E-state index contributed by atoms with van der Waals surface area (Å²) in [5.74, 6) is -0.523. The average Bonchev–Trinajstić information content (AvgIpc) is 2.92. The molecule has 0 aromatic heterocycles. The van der Waals surface area contributed by atoms with Crippen LogP contribution in [0, 0.1) is 10.5 Å². The van der Waals surface area contributed by atoms with E-state index >= 15 is 0 Å². The molecule has 0 aliphatic rings. The lowest BCUT2D eigenvalue weighted by atomic mass is 10.1. The van der Waals surface area contributed by atoms with Crippen molar-refractivity contribution in [1.82, 2.24) is 5.43 Å². The fourth-order valence-electron chi connectivity index (χ4n) is 3.73. The van der Waals surface area contributed by atoms with Gasteiger partial charge in [-0.1, -0.05) is 65.7 Å². The largest absolute Gasteiger partial charge is 0.273 e. The third-order valence-corrected chi connectivity index (χ3v) is 8.60. The van der Waals surface area contributed by atoms with Crippen LogP contribution < -0.4 is 9.73 Å². The number of benzene rings is 4. The van der Waals surface area contributed by atoms with Crippen molar-refractivity contribution in [1.29, 1.82) is 0 Å². The fourth-order valence-corrected chi connectivity index (χ4v) is 5.68. The first-order chi connectivity index (χ1) is 18.1. The molecule has 1 amide bonds. The maximum atomic E-state index is 13.9. The van der Waals surface area contributed by atoms with Gasteiger partial charge in [0, 0.05) is 8.59 Å². The molecule has 0 saturated carbocycles. The molecule has 0 fully saturated rings. The maximum Gasteiger partial charge on any atom is 0.273 e. The summed E-state index contributed by atoms with van der Waals surface area (Å²) in [4.78, 5) is 13.4. The minimum absolute atomic E-state index is 0.00260. The monoisotopic (exact) mass is 657 g/mol. The fraction of sp³-hybridized carbons (Fsp3) is 0.103. The minimum Gasteiger partial charge on any atom is -0.267 e. The molecule has 0 saturated heterocycles. The molecule has 0 spiro atoms. The van der Waals surface area contributed by atoms with E-state index in [0.717, 1.165) is 14.7 Å². The van der Waals surface area contributed by atoms with E-state index < -0.39 is 15.9 Å². The predicted molar refractivity (Wildman–Crippen MR) is 161 cm³/mol. The molecule has 194 valence electrons. The van der Waals surface area contributed by atoms with Gasteiger partial charge in [0.2, 0.25) is 0 Å². The molecule has 9 heteroatoms. The Labute approximate surface area is 241 Å². The summed E-state index contributed by atoms with van der Waals surface area (Å²) in [7, 11) is -4.03. The number of amides is 1. The van der Waals surface area contributed by atoms with Gasteiger partial charge >= 0.3 is 0 Å². The van der Waals surface area contributed by atoms with E-state index in [1.807, 2.05) is 31.2 Å². The zero-order chi connectivity index (χ0) is 27.3. The number of aryl methyl sites for hydroxylation is 1. The molecule has 0 unspecified atom stereocenters. The maximum absolute atomic E-state index is 13.9. The minimum atomic E-state index is -4.03. The Morgan fingerprint density at radius 1 is 0.921 bits per heavy atom. The summed E-state index contributed by atoms with van der Waals surface area (Å²) in [6.07, 6.45) is 0. The van der Waals surface area contributed by atoms with Crippen LogP contribution in [0.4, 0.5) is 5.69 Å². The van der Waals surface area contributed by atoms with Gasteiger partial charge < -0.3 is 0 Å². The second-order valence-corrected chi connectivity index (χ2v) is 12.2. The summed E-state index contributed by atoms with van der Waals surface area (Å²) in [5, 5.41) is 4.80. The lowest BCUT2D eigenvalue weighted by molar-refractivity contribution is 0.0955. The van der Waals surface area contributed by atoms with Crippen LogP contribution in [0.25, 0.3) is 0 Å². The highest BCUT2D eigenvalue weighted by Crippen LogP contribution is 2.30. The third-order valence-electron chi connectivity index (χ3n) is 5.85. The normalized spacial score (nSPS) is 11.7. The zero-order valence-electron chi connectivity index (χ0n) is 20.7. The van der Waals surface area contributed by atoms with Gasteiger partial charge in [0.1, 0.15) is 0 Å². The number of nitrogens with zero attached hydrogens (tertiary/aromatic N) is 2. The van der Waals surface area contributed by atoms with E-state index in [4.69, 9.17) is 11.6 Å². The number of carbonyl (C=O) groups is 1. The van der Waals surface area contributed by atoms with Crippen molar-refractivity contribution >= 4 is 61.5 Å². The highest BCUT2D eigenvalue weighted by Gasteiger charge is 2.28. The Kier molecular flexibility index (Phi) is 8.86. The van der Waals surface area contributed by atoms with Gasteiger partial charge in [-0.2, -0.15) is 5.10 Å². The van der Waals surface area contributed by atoms with Crippen molar-refractivity contribution in [2.75, 3.05) is 4.31 Å². The van der Waals surface area contributed by atoms with Crippen LogP contribution in [0.15, 0.2) is 107 Å². The highest BCUT2D eigenvalue weighted by atomic mass is 127. The van der Waals surface area contributed by atoms with Crippen LogP contribution in [0.3, 0.4) is 0 Å². The first-order valence-corrected chi connectivity index (χ1v) is 14.6. The van der Waals surface area contributed by atoms with E-state index in [2.05, 4.69) is 33.1 Å². The van der Waals surface area contributed by atoms with E-state index in [9.17, 15) is 13.2 Å². The van der Waals surface area contributed by atoms with Gasteiger partial charge in [0.05, 0.1) is 28.4 Å². The van der Waals surface area contributed by atoms with Gasteiger partial charge in [-0.05, 0) is 96.1 Å². The third kappa shape index (κ3) is 6.61. The lowest BCUT2D eigenvalue weighted by Gasteiger charge is -2.26. The van der Waals surface area contributed by atoms with E-state index in [-0.39, 0.29) is 22.7 Å². The van der Waals surface area contributed by atoms with Crippen molar-refractivity contribution in [3.8, 4) is 0 Å². The van der Waals surface area contributed by atoms with Gasteiger partial charge in [0.25, 0.3) is 15.9 Å². The van der Waals surface area contributed by atoms with Crippen LogP contribution in [0.5, 0.6) is 0 Å². The Hall–Kier alpha value is -3.21. The van der Waals surface area contributed by atoms with Crippen molar-refractivity contribution in [2.45, 2.75) is 25.3 Å². The molecule has 0 bridgehead atoms. The smallest absolute Gasteiger partial charge is 0.267 e. The summed E-state index contributed by atoms with van der Waals surface area (Å²) < 4.78 is 30.1. The summed E-state index contributed by atoms with van der Waals surface area (Å²) in [6.45, 7) is 3.69. The number of hydrogen-bond donors (Lipinski definition) is 1. The van der Waals surface area contributed by atoms with Crippen LogP contribution in [0.1, 0.15) is 34.0 Å². The summed E-state index contributed by atoms with van der Waals surface area (Å²) >= 11 is 8.27. The molecule has 1 N–H and O–H groups in total. The topological polar surface area (TPSA) is 78.8 Å². The van der Waals surface area contributed by atoms with Crippen LogP contribution in [-0.4, -0.2) is 20.0 Å². The van der Waals surface area contributed by atoms with Crippen LogP contribution in [0.2, 0.25) is 5.02 Å². The quantitative estimate of drug-likeness (QED) is 0.129. The molecule has 4 rings (SSSR count). The second kappa shape index (κ2) is 12.1. The summed E-state index contributed by atoms with van der Waals surface area (Å²) in [6, 6.07) is 27.9. The second-order valence-electron chi connectivity index (χ2n) is 8.61. The van der Waals surface area contributed by atoms with Gasteiger partial charge in [-0.3, -0.25) is 9.10 Å². The van der Waals surface area contributed by atoms with Gasteiger partial charge in [-0.15, -0.1) is 0 Å². The SMILES string of the molecule is C/C(=N/NC(=O)c1ccccc1N(Cc1ccc(Cl)cc1)S(=O)(=O)c1ccc(C)cc1)c1ccc(I)cc1. The lowest BCUT2D eigenvalue weighted by Crippen LogP contribution is -2.33. The Morgan fingerprint density at radius 3 is 2.21 bits per heavy atom. The Morgan fingerprint density at radius 2 is 1.55 bits per heavy atom. The molecule has 38 heavy (non-hydrogen) atoms.